The van der Waals surface area contributed by atoms with Gasteiger partial charge in [-0.3, -0.25) is 4.79 Å². The van der Waals surface area contributed by atoms with Crippen LogP contribution in [0.3, 0.4) is 0 Å². The van der Waals surface area contributed by atoms with Crippen LogP contribution in [0.1, 0.15) is 6.92 Å². The van der Waals surface area contributed by atoms with Crippen molar-refractivity contribution in [2.45, 2.75) is 6.92 Å². The lowest BCUT2D eigenvalue weighted by Gasteiger charge is -2.48. The number of aliphatic hydroxyl groups is 1. The van der Waals surface area contributed by atoms with Crippen molar-refractivity contribution in [1.29, 1.82) is 0 Å². The fourth-order valence-electron chi connectivity index (χ4n) is 1.28. The van der Waals surface area contributed by atoms with Crippen LogP contribution in [-0.4, -0.2) is 42.2 Å². The minimum Gasteiger partial charge on any atom is -0.396 e. The van der Waals surface area contributed by atoms with Gasteiger partial charge in [-0.2, -0.15) is 0 Å². The van der Waals surface area contributed by atoms with E-state index in [0.717, 1.165) is 0 Å². The molecule has 1 saturated heterocycles. The third-order valence-electron chi connectivity index (χ3n) is 2.27. The molecule has 1 amide bonds. The third-order valence-corrected chi connectivity index (χ3v) is 2.27. The summed E-state index contributed by atoms with van der Waals surface area (Å²) < 4.78 is 0. The van der Waals surface area contributed by atoms with E-state index < -0.39 is 0 Å². The van der Waals surface area contributed by atoms with Crippen LogP contribution < -0.4 is 5.73 Å². The first-order chi connectivity index (χ1) is 5.13. The van der Waals surface area contributed by atoms with Crippen molar-refractivity contribution in [3.63, 3.8) is 0 Å². The van der Waals surface area contributed by atoms with Gasteiger partial charge in [-0.1, -0.05) is 0 Å². The second kappa shape index (κ2) is 4.07. The molecule has 4 nitrogen and oxygen atoms in total. The molecule has 1 aliphatic rings. The van der Waals surface area contributed by atoms with Crippen LogP contribution in [0.2, 0.25) is 0 Å². The summed E-state index contributed by atoms with van der Waals surface area (Å²) >= 11 is 0. The number of hydrogen-bond acceptors (Lipinski definition) is 3. The van der Waals surface area contributed by atoms with Crippen molar-refractivity contribution >= 4 is 18.3 Å². The van der Waals surface area contributed by atoms with Crippen molar-refractivity contribution in [2.24, 2.45) is 11.1 Å². The monoisotopic (exact) mass is 194 g/mol. The number of amides is 1. The van der Waals surface area contributed by atoms with Gasteiger partial charge in [0.2, 0.25) is 5.91 Å². The molecule has 0 aromatic carbocycles. The number of nitrogens with zero attached hydrogens (tertiary/aromatic N) is 1. The molecule has 1 aliphatic heterocycles. The van der Waals surface area contributed by atoms with Crippen LogP contribution in [-0.2, 0) is 4.79 Å². The maximum Gasteiger partial charge on any atom is 0.219 e. The fraction of sp³-hybridized carbons (Fsp3) is 0.857. The van der Waals surface area contributed by atoms with Crippen LogP contribution >= 0.6 is 12.4 Å². The second-order valence-corrected chi connectivity index (χ2v) is 3.24. The molecule has 0 bridgehead atoms. The van der Waals surface area contributed by atoms with Gasteiger partial charge < -0.3 is 15.7 Å². The van der Waals surface area contributed by atoms with Gasteiger partial charge >= 0.3 is 0 Å². The molecular weight excluding hydrogens is 180 g/mol. The number of carbonyl (C=O) groups is 1. The first kappa shape index (κ1) is 11.7. The Morgan fingerprint density at radius 3 is 2.42 bits per heavy atom. The largest absolute Gasteiger partial charge is 0.396 e. The number of nitrogens with two attached hydrogens (primary N) is 1. The van der Waals surface area contributed by atoms with Crippen LogP contribution in [0.5, 0.6) is 0 Å². The lowest BCUT2D eigenvalue weighted by atomic mass is 9.81. The van der Waals surface area contributed by atoms with Gasteiger partial charge in [-0.15, -0.1) is 12.4 Å². The zero-order valence-electron chi connectivity index (χ0n) is 7.12. The number of likely N-dealkylation sites (tertiary alicyclic amines) is 1. The first-order valence-electron chi connectivity index (χ1n) is 3.70. The highest BCUT2D eigenvalue weighted by atomic mass is 35.5. The zero-order chi connectivity index (χ0) is 8.48. The molecule has 0 aromatic heterocycles. The standard InChI is InChI=1S/C7H14N2O2.ClH/c1-6(11)9-3-7(2-8,4-9)5-10;/h10H,2-5,8H2,1H3;1H. The molecule has 0 spiro atoms. The number of rotatable bonds is 2. The number of aliphatic hydroxyl groups excluding tert-OH is 1. The van der Waals surface area contributed by atoms with Crippen LogP contribution in [0.15, 0.2) is 0 Å². The Balaban J connectivity index is 0.00000121. The van der Waals surface area contributed by atoms with E-state index in [9.17, 15) is 4.79 Å². The Kier molecular flexibility index (Phi) is 3.96. The van der Waals surface area contributed by atoms with E-state index in [1.54, 1.807) is 4.90 Å². The van der Waals surface area contributed by atoms with E-state index >= 15 is 0 Å². The Morgan fingerprint density at radius 1 is 1.67 bits per heavy atom. The molecule has 1 rings (SSSR count). The van der Waals surface area contributed by atoms with E-state index in [1.807, 2.05) is 0 Å². The van der Waals surface area contributed by atoms with Crippen molar-refractivity contribution in [2.75, 3.05) is 26.2 Å². The molecule has 0 aliphatic carbocycles. The molecule has 0 radical (unpaired) electrons. The summed E-state index contributed by atoms with van der Waals surface area (Å²) in [5, 5.41) is 8.92. The van der Waals surface area contributed by atoms with Crippen molar-refractivity contribution in [3.8, 4) is 0 Å². The molecule has 0 aromatic rings. The quantitative estimate of drug-likeness (QED) is 0.606. The van der Waals surface area contributed by atoms with Gasteiger partial charge in [-0.25, -0.2) is 0 Å². The van der Waals surface area contributed by atoms with Crippen molar-refractivity contribution < 1.29 is 9.90 Å². The third kappa shape index (κ3) is 1.88. The zero-order valence-corrected chi connectivity index (χ0v) is 7.93. The highest BCUT2D eigenvalue weighted by Gasteiger charge is 2.42. The normalized spacial score (nSPS) is 19.4. The maximum absolute atomic E-state index is 10.7. The summed E-state index contributed by atoms with van der Waals surface area (Å²) in [4.78, 5) is 12.4. The number of hydrogen-bond donors (Lipinski definition) is 2. The van der Waals surface area contributed by atoms with Crippen LogP contribution in [0.4, 0.5) is 0 Å². The molecule has 0 atom stereocenters. The van der Waals surface area contributed by atoms with Gasteiger partial charge in [0.05, 0.1) is 6.61 Å². The maximum atomic E-state index is 10.7. The minimum atomic E-state index is -0.203. The summed E-state index contributed by atoms with van der Waals surface area (Å²) in [5.74, 6) is 0.0579. The molecule has 3 N–H and O–H groups in total. The molecule has 12 heavy (non-hydrogen) atoms. The molecule has 1 fully saturated rings. The first-order valence-corrected chi connectivity index (χ1v) is 3.70. The molecule has 0 unspecified atom stereocenters. The molecule has 1 heterocycles. The molecular formula is C7H15ClN2O2. The number of carbonyl (C=O) groups excluding carboxylic acids is 1. The van der Waals surface area contributed by atoms with Gasteiger partial charge in [0.1, 0.15) is 0 Å². The average Bonchev–Trinajstić information content (AvgIpc) is 1.87. The van der Waals surface area contributed by atoms with E-state index in [2.05, 4.69) is 0 Å². The fourth-order valence-corrected chi connectivity index (χ4v) is 1.28. The molecule has 0 saturated carbocycles. The Bertz CT molecular complexity index is 163. The van der Waals surface area contributed by atoms with Crippen LogP contribution in [0, 0.1) is 5.41 Å². The summed E-state index contributed by atoms with van der Waals surface area (Å²) in [6.45, 7) is 3.27. The van der Waals surface area contributed by atoms with E-state index in [1.165, 1.54) is 6.92 Å². The molecule has 5 heteroatoms. The Hall–Kier alpha value is -0.320. The smallest absolute Gasteiger partial charge is 0.219 e. The van der Waals surface area contributed by atoms with E-state index in [-0.39, 0.29) is 30.3 Å². The van der Waals surface area contributed by atoms with Gasteiger partial charge in [0, 0.05) is 32.0 Å². The lowest BCUT2D eigenvalue weighted by Crippen LogP contribution is -2.62. The predicted octanol–water partition coefficient (Wildman–Crippen LogP) is -0.792. The van der Waals surface area contributed by atoms with Gasteiger partial charge in [0.25, 0.3) is 0 Å². The average molecular weight is 195 g/mol. The van der Waals surface area contributed by atoms with Gasteiger partial charge in [-0.05, 0) is 0 Å². The van der Waals surface area contributed by atoms with Crippen molar-refractivity contribution in [3.05, 3.63) is 0 Å². The summed E-state index contributed by atoms with van der Waals surface area (Å²) in [7, 11) is 0. The minimum absolute atomic E-state index is 0. The Labute approximate surface area is 78.1 Å². The molecule has 72 valence electrons. The highest BCUT2D eigenvalue weighted by Crippen LogP contribution is 2.28. The van der Waals surface area contributed by atoms with Gasteiger partial charge in [0.15, 0.2) is 0 Å². The summed E-state index contributed by atoms with van der Waals surface area (Å²) in [6.07, 6.45) is 0. The summed E-state index contributed by atoms with van der Waals surface area (Å²) in [5.41, 5.74) is 5.24. The number of halogens is 1. The summed E-state index contributed by atoms with van der Waals surface area (Å²) in [6, 6.07) is 0. The predicted molar refractivity (Wildman–Crippen MR) is 48.1 cm³/mol. The topological polar surface area (TPSA) is 66.6 Å². The lowest BCUT2D eigenvalue weighted by molar-refractivity contribution is -0.142. The Morgan fingerprint density at radius 2 is 2.17 bits per heavy atom. The second-order valence-electron chi connectivity index (χ2n) is 3.24. The van der Waals surface area contributed by atoms with E-state index in [4.69, 9.17) is 10.8 Å². The van der Waals surface area contributed by atoms with Crippen molar-refractivity contribution in [1.82, 2.24) is 4.90 Å². The van der Waals surface area contributed by atoms with E-state index in [0.29, 0.717) is 19.6 Å². The SMILES string of the molecule is CC(=O)N1CC(CN)(CO)C1.Cl. The van der Waals surface area contributed by atoms with Crippen LogP contribution in [0.25, 0.3) is 0 Å². The highest BCUT2D eigenvalue weighted by molar-refractivity contribution is 5.85.